The monoisotopic (exact) mass is 354 g/mol. The molecule has 2 unspecified atom stereocenters. The highest BCUT2D eigenvalue weighted by Gasteiger charge is 2.29. The number of hydrogen-bond donors (Lipinski definition) is 1. The first-order valence-electron chi connectivity index (χ1n) is 7.91. The average Bonchev–Trinajstić information content (AvgIpc) is 2.66. The third-order valence-electron chi connectivity index (χ3n) is 4.43. The third kappa shape index (κ3) is 4.21. The second kappa shape index (κ2) is 8.16. The summed E-state index contributed by atoms with van der Waals surface area (Å²) < 4.78 is 6.40. The Morgan fingerprint density at radius 3 is 2.86 bits per heavy atom. The van der Waals surface area contributed by atoms with E-state index in [0.717, 1.165) is 23.3 Å². The number of rotatable bonds is 5. The van der Waals surface area contributed by atoms with Crippen molar-refractivity contribution in [3.05, 3.63) is 28.2 Å². The van der Waals surface area contributed by atoms with Crippen molar-refractivity contribution in [1.82, 2.24) is 10.2 Å². The fraction of sp³-hybridized carbons (Fsp3) is 0.647. The van der Waals surface area contributed by atoms with Crippen LogP contribution < -0.4 is 10.1 Å². The van der Waals surface area contributed by atoms with Crippen LogP contribution >= 0.6 is 15.9 Å². The summed E-state index contributed by atoms with van der Waals surface area (Å²) in [5.41, 5.74) is 1.38. The molecule has 0 aliphatic carbocycles. The lowest BCUT2D eigenvalue weighted by Gasteiger charge is -2.33. The molecular formula is C17H27BrN2O. The Morgan fingerprint density at radius 1 is 1.38 bits per heavy atom. The summed E-state index contributed by atoms with van der Waals surface area (Å²) in [7, 11) is 3.97. The highest BCUT2D eigenvalue weighted by Crippen LogP contribution is 2.37. The molecule has 0 bridgehead atoms. The van der Waals surface area contributed by atoms with E-state index in [1.54, 1.807) is 7.11 Å². The Kier molecular flexibility index (Phi) is 6.52. The Morgan fingerprint density at radius 2 is 2.19 bits per heavy atom. The fourth-order valence-electron chi connectivity index (χ4n) is 3.36. The van der Waals surface area contributed by atoms with Crippen molar-refractivity contribution in [1.29, 1.82) is 0 Å². The van der Waals surface area contributed by atoms with E-state index in [2.05, 4.69) is 58.3 Å². The largest absolute Gasteiger partial charge is 0.496 e. The van der Waals surface area contributed by atoms with Crippen LogP contribution in [0.4, 0.5) is 0 Å². The van der Waals surface area contributed by atoms with Gasteiger partial charge in [-0.1, -0.05) is 19.4 Å². The molecule has 2 rings (SSSR count). The van der Waals surface area contributed by atoms with E-state index in [0.29, 0.717) is 12.0 Å². The maximum absolute atomic E-state index is 5.36. The molecule has 118 valence electrons. The second-order valence-electron chi connectivity index (χ2n) is 5.88. The zero-order valence-corrected chi connectivity index (χ0v) is 14.9. The molecular weight excluding hydrogens is 328 g/mol. The Hall–Kier alpha value is -0.580. The molecule has 2 atom stereocenters. The van der Waals surface area contributed by atoms with Crippen molar-refractivity contribution in [2.45, 2.75) is 32.2 Å². The standard InChI is InChI=1S/C17H27BrN2O/c1-4-19-12-14-7-5-6-10-20(2)17(14)13-8-9-16(21-3)15(18)11-13/h8-9,11,14,17,19H,4-7,10,12H2,1-3H3. The number of nitrogens with one attached hydrogen (secondary N) is 1. The van der Waals surface area contributed by atoms with Crippen molar-refractivity contribution in [3.8, 4) is 5.75 Å². The van der Waals surface area contributed by atoms with Crippen LogP contribution in [0.25, 0.3) is 0 Å². The van der Waals surface area contributed by atoms with Gasteiger partial charge in [-0.05, 0) is 79.1 Å². The van der Waals surface area contributed by atoms with E-state index in [4.69, 9.17) is 4.74 Å². The summed E-state index contributed by atoms with van der Waals surface area (Å²) in [6.07, 6.45) is 3.92. The fourth-order valence-corrected chi connectivity index (χ4v) is 3.92. The number of likely N-dealkylation sites (tertiary alicyclic amines) is 1. The van der Waals surface area contributed by atoms with E-state index < -0.39 is 0 Å². The van der Waals surface area contributed by atoms with Crippen LogP contribution in [-0.4, -0.2) is 38.7 Å². The van der Waals surface area contributed by atoms with Gasteiger partial charge < -0.3 is 10.1 Å². The summed E-state index contributed by atoms with van der Waals surface area (Å²) >= 11 is 3.63. The van der Waals surface area contributed by atoms with E-state index in [-0.39, 0.29) is 0 Å². The lowest BCUT2D eigenvalue weighted by molar-refractivity contribution is 0.189. The molecule has 1 aromatic carbocycles. The van der Waals surface area contributed by atoms with E-state index in [9.17, 15) is 0 Å². The minimum absolute atomic E-state index is 0.480. The molecule has 21 heavy (non-hydrogen) atoms. The van der Waals surface area contributed by atoms with Gasteiger partial charge in [-0.2, -0.15) is 0 Å². The van der Waals surface area contributed by atoms with Crippen LogP contribution in [0.5, 0.6) is 5.75 Å². The third-order valence-corrected chi connectivity index (χ3v) is 5.05. The molecule has 0 aromatic heterocycles. The van der Waals surface area contributed by atoms with Crippen molar-refractivity contribution in [3.63, 3.8) is 0 Å². The number of ether oxygens (including phenoxy) is 1. The van der Waals surface area contributed by atoms with Crippen LogP contribution in [-0.2, 0) is 0 Å². The first kappa shape index (κ1) is 16.8. The molecule has 0 amide bonds. The van der Waals surface area contributed by atoms with Gasteiger partial charge in [0.15, 0.2) is 0 Å². The van der Waals surface area contributed by atoms with Gasteiger partial charge in [-0.15, -0.1) is 0 Å². The van der Waals surface area contributed by atoms with Gasteiger partial charge in [0.2, 0.25) is 0 Å². The Labute approximate surface area is 137 Å². The Bertz CT molecular complexity index is 452. The van der Waals surface area contributed by atoms with E-state index >= 15 is 0 Å². The molecule has 0 saturated carbocycles. The Balaban J connectivity index is 2.27. The summed E-state index contributed by atoms with van der Waals surface area (Å²) in [4.78, 5) is 2.52. The van der Waals surface area contributed by atoms with Gasteiger partial charge >= 0.3 is 0 Å². The maximum atomic E-state index is 5.36. The molecule has 3 nitrogen and oxygen atoms in total. The zero-order chi connectivity index (χ0) is 15.2. The van der Waals surface area contributed by atoms with Gasteiger partial charge in [0.05, 0.1) is 11.6 Å². The topological polar surface area (TPSA) is 24.5 Å². The van der Waals surface area contributed by atoms with Crippen molar-refractivity contribution >= 4 is 15.9 Å². The number of halogens is 1. The number of hydrogen-bond acceptors (Lipinski definition) is 3. The van der Waals surface area contributed by atoms with Crippen molar-refractivity contribution in [2.75, 3.05) is 33.8 Å². The molecule has 1 heterocycles. The summed E-state index contributed by atoms with van der Waals surface area (Å²) in [6, 6.07) is 7.00. The average molecular weight is 355 g/mol. The molecule has 1 N–H and O–H groups in total. The predicted octanol–water partition coefficient (Wildman–Crippen LogP) is 3.84. The van der Waals surface area contributed by atoms with Crippen LogP contribution in [0.15, 0.2) is 22.7 Å². The van der Waals surface area contributed by atoms with Crippen LogP contribution in [0.1, 0.15) is 37.8 Å². The summed E-state index contributed by atoms with van der Waals surface area (Å²) in [5, 5.41) is 3.54. The van der Waals surface area contributed by atoms with Crippen LogP contribution in [0.2, 0.25) is 0 Å². The van der Waals surface area contributed by atoms with Crippen LogP contribution in [0, 0.1) is 5.92 Å². The van der Waals surface area contributed by atoms with Gasteiger partial charge in [0.1, 0.15) is 5.75 Å². The number of methoxy groups -OCH3 is 1. The second-order valence-corrected chi connectivity index (χ2v) is 6.74. The molecule has 1 aliphatic rings. The maximum Gasteiger partial charge on any atom is 0.133 e. The highest BCUT2D eigenvalue weighted by molar-refractivity contribution is 9.10. The molecule has 1 fully saturated rings. The first-order chi connectivity index (χ1) is 10.2. The predicted molar refractivity (Wildman–Crippen MR) is 91.9 cm³/mol. The number of benzene rings is 1. The lowest BCUT2D eigenvalue weighted by Crippen LogP contribution is -2.34. The molecule has 1 aromatic rings. The van der Waals surface area contributed by atoms with Gasteiger partial charge in [0, 0.05) is 6.04 Å². The minimum Gasteiger partial charge on any atom is -0.496 e. The van der Waals surface area contributed by atoms with Crippen molar-refractivity contribution < 1.29 is 4.74 Å². The SMILES string of the molecule is CCNCC1CCCCN(C)C1c1ccc(OC)c(Br)c1. The van der Waals surface area contributed by atoms with Gasteiger partial charge in [-0.3, -0.25) is 4.90 Å². The van der Waals surface area contributed by atoms with Crippen molar-refractivity contribution in [2.24, 2.45) is 5.92 Å². The van der Waals surface area contributed by atoms with E-state index in [1.807, 2.05) is 0 Å². The lowest BCUT2D eigenvalue weighted by atomic mass is 9.89. The van der Waals surface area contributed by atoms with Crippen LogP contribution in [0.3, 0.4) is 0 Å². The van der Waals surface area contributed by atoms with Gasteiger partial charge in [-0.25, -0.2) is 0 Å². The molecule has 1 aliphatic heterocycles. The summed E-state index contributed by atoms with van der Waals surface area (Å²) in [5.74, 6) is 1.57. The smallest absolute Gasteiger partial charge is 0.133 e. The zero-order valence-electron chi connectivity index (χ0n) is 13.4. The highest BCUT2D eigenvalue weighted by atomic mass is 79.9. The van der Waals surface area contributed by atoms with Gasteiger partial charge in [0.25, 0.3) is 0 Å². The normalized spacial score (nSPS) is 23.8. The minimum atomic E-state index is 0.480. The quantitative estimate of drug-likeness (QED) is 0.869. The molecule has 0 radical (unpaired) electrons. The summed E-state index contributed by atoms with van der Waals surface area (Å²) in [6.45, 7) is 5.49. The number of nitrogens with zero attached hydrogens (tertiary/aromatic N) is 1. The molecule has 4 heteroatoms. The van der Waals surface area contributed by atoms with E-state index in [1.165, 1.54) is 31.4 Å². The molecule has 1 saturated heterocycles. The first-order valence-corrected chi connectivity index (χ1v) is 8.71. The molecule has 0 spiro atoms.